The van der Waals surface area contributed by atoms with Crippen molar-refractivity contribution in [3.63, 3.8) is 0 Å². The Morgan fingerprint density at radius 3 is 2.70 bits per heavy atom. The first-order chi connectivity index (χ1) is 12.8. The van der Waals surface area contributed by atoms with Crippen molar-refractivity contribution in [2.75, 3.05) is 0 Å². The Morgan fingerprint density at radius 2 is 2.00 bits per heavy atom. The fourth-order valence-electron chi connectivity index (χ4n) is 5.15. The summed E-state index contributed by atoms with van der Waals surface area (Å²) >= 11 is 0. The lowest BCUT2D eigenvalue weighted by molar-refractivity contribution is -0.186. The molecular weight excluding hydrogens is 344 g/mol. The number of H-pyrrole nitrogens is 1. The summed E-state index contributed by atoms with van der Waals surface area (Å²) in [5.41, 5.74) is -0.0225. The predicted molar refractivity (Wildman–Crippen MR) is 102 cm³/mol. The van der Waals surface area contributed by atoms with Gasteiger partial charge >= 0.3 is 11.7 Å². The molecule has 3 saturated carbocycles. The molecule has 3 aliphatic carbocycles. The summed E-state index contributed by atoms with van der Waals surface area (Å²) < 4.78 is 7.20. The van der Waals surface area contributed by atoms with Crippen molar-refractivity contribution in [1.29, 1.82) is 0 Å². The molecule has 0 aliphatic heterocycles. The number of benzene rings is 1. The second-order valence-electron chi connectivity index (χ2n) is 8.66. The lowest BCUT2D eigenvalue weighted by atomic mass is 9.45. The van der Waals surface area contributed by atoms with Gasteiger partial charge in [-0.15, -0.1) is 0 Å². The van der Waals surface area contributed by atoms with Gasteiger partial charge < -0.3 is 4.74 Å². The van der Waals surface area contributed by atoms with Crippen molar-refractivity contribution in [3.05, 3.63) is 45.1 Å². The van der Waals surface area contributed by atoms with Crippen LogP contribution < -0.4 is 11.2 Å². The smallest absolute Gasteiger partial charge is 0.328 e. The Hall–Kier alpha value is -2.37. The van der Waals surface area contributed by atoms with E-state index < -0.39 is 11.2 Å². The topological polar surface area (TPSA) is 81.2 Å². The molecule has 2 aromatic rings. The van der Waals surface area contributed by atoms with E-state index in [4.69, 9.17) is 4.74 Å². The largest absolute Gasteiger partial charge is 0.462 e. The van der Waals surface area contributed by atoms with Gasteiger partial charge in [0.2, 0.25) is 0 Å². The number of rotatable bonds is 4. The van der Waals surface area contributed by atoms with Crippen LogP contribution in [0.1, 0.15) is 40.0 Å². The second kappa shape index (κ2) is 6.36. The Morgan fingerprint density at radius 1 is 1.26 bits per heavy atom. The maximum absolute atomic E-state index is 12.4. The predicted octanol–water partition coefficient (Wildman–Crippen LogP) is 2.69. The van der Waals surface area contributed by atoms with Crippen molar-refractivity contribution < 1.29 is 9.53 Å². The van der Waals surface area contributed by atoms with Crippen LogP contribution in [-0.4, -0.2) is 21.6 Å². The minimum atomic E-state index is -0.500. The molecule has 0 spiro atoms. The zero-order valence-electron chi connectivity index (χ0n) is 16.0. The van der Waals surface area contributed by atoms with Gasteiger partial charge in [0.15, 0.2) is 0 Å². The third-order valence-electron chi connectivity index (χ3n) is 7.01. The van der Waals surface area contributed by atoms with E-state index in [9.17, 15) is 14.4 Å². The lowest BCUT2D eigenvalue weighted by Crippen LogP contribution is -2.57. The van der Waals surface area contributed by atoms with Gasteiger partial charge in [-0.3, -0.25) is 19.1 Å². The molecule has 0 saturated heterocycles. The van der Waals surface area contributed by atoms with Crippen LogP contribution >= 0.6 is 0 Å². The lowest BCUT2D eigenvalue weighted by Gasteiger charge is -2.61. The van der Waals surface area contributed by atoms with Crippen LogP contribution in [0.5, 0.6) is 0 Å². The molecule has 0 radical (unpaired) electrons. The zero-order valence-corrected chi connectivity index (χ0v) is 16.0. The van der Waals surface area contributed by atoms with Crippen LogP contribution in [-0.2, 0) is 16.1 Å². The molecule has 1 heterocycles. The summed E-state index contributed by atoms with van der Waals surface area (Å²) in [5, 5.41) is 0.439. The van der Waals surface area contributed by atoms with E-state index >= 15 is 0 Å². The van der Waals surface area contributed by atoms with E-state index in [1.165, 1.54) is 11.0 Å². The van der Waals surface area contributed by atoms with E-state index in [1.807, 2.05) is 0 Å². The van der Waals surface area contributed by atoms with Gasteiger partial charge in [-0.2, -0.15) is 0 Å². The molecule has 1 aromatic heterocycles. The molecule has 0 amide bonds. The number of aromatic nitrogens is 2. The highest BCUT2D eigenvalue weighted by atomic mass is 16.5. The third-order valence-corrected chi connectivity index (χ3v) is 7.01. The minimum absolute atomic E-state index is 0.0293. The number of fused-ring (bicyclic) bond motifs is 3. The second-order valence-corrected chi connectivity index (χ2v) is 8.66. The number of nitrogens with one attached hydrogen (secondary N) is 1. The van der Waals surface area contributed by atoms with E-state index in [-0.39, 0.29) is 25.0 Å². The highest BCUT2D eigenvalue weighted by molar-refractivity contribution is 5.78. The van der Waals surface area contributed by atoms with Crippen molar-refractivity contribution >= 4 is 16.9 Å². The summed E-state index contributed by atoms with van der Waals surface area (Å²) in [7, 11) is 0. The summed E-state index contributed by atoms with van der Waals surface area (Å²) in [6.45, 7) is 7.00. The first-order valence-corrected chi connectivity index (χ1v) is 9.70. The fourth-order valence-corrected chi connectivity index (χ4v) is 5.15. The molecular formula is C21H26N2O4. The maximum Gasteiger partial charge on any atom is 0.328 e. The molecule has 1 aromatic carbocycles. The molecule has 0 unspecified atom stereocenters. The molecule has 6 nitrogen and oxygen atoms in total. The van der Waals surface area contributed by atoms with Gasteiger partial charge in [-0.1, -0.05) is 32.9 Å². The number of ether oxygens (including phenoxy) is 1. The fraction of sp³-hybridized carbons (Fsp3) is 0.571. The average molecular weight is 370 g/mol. The van der Waals surface area contributed by atoms with Gasteiger partial charge in [-0.25, -0.2) is 4.79 Å². The first-order valence-electron chi connectivity index (χ1n) is 9.70. The molecule has 144 valence electrons. The molecule has 1 N–H and O–H groups in total. The Labute approximate surface area is 157 Å². The molecule has 2 bridgehead atoms. The Bertz CT molecular complexity index is 1000. The van der Waals surface area contributed by atoms with Crippen molar-refractivity contribution in [2.45, 2.75) is 52.7 Å². The van der Waals surface area contributed by atoms with Gasteiger partial charge in [0.25, 0.3) is 5.56 Å². The summed E-state index contributed by atoms with van der Waals surface area (Å²) in [4.78, 5) is 38.8. The van der Waals surface area contributed by atoms with Crippen molar-refractivity contribution in [1.82, 2.24) is 9.55 Å². The van der Waals surface area contributed by atoms with Gasteiger partial charge in [0, 0.05) is 6.54 Å². The number of hydrogen-bond acceptors (Lipinski definition) is 4. The first kappa shape index (κ1) is 18.0. The van der Waals surface area contributed by atoms with Gasteiger partial charge in [-0.05, 0) is 48.1 Å². The van der Waals surface area contributed by atoms with Crippen LogP contribution in [0.25, 0.3) is 10.9 Å². The number of para-hydroxylation sites is 1. The third kappa shape index (κ3) is 2.91. The molecule has 6 heteroatoms. The molecule has 27 heavy (non-hydrogen) atoms. The summed E-state index contributed by atoms with van der Waals surface area (Å²) in [6, 6.07) is 6.90. The van der Waals surface area contributed by atoms with E-state index in [0.717, 1.165) is 6.42 Å². The number of hydrogen-bond donors (Lipinski definition) is 1. The minimum Gasteiger partial charge on any atom is -0.462 e. The summed E-state index contributed by atoms with van der Waals surface area (Å²) in [5.74, 6) is 1.32. The number of carbonyl (C=O) groups excluding carboxylic acids is 1. The van der Waals surface area contributed by atoms with Crippen molar-refractivity contribution in [2.24, 2.45) is 23.2 Å². The SMILES string of the molecule is C[C@H]1[C@H]2C[C@H](C[C@H]1OC(=O)CCn1c(=O)[nH]c(=O)c3ccccc31)C2(C)C. The molecule has 4 atom stereocenters. The number of nitrogens with zero attached hydrogens (tertiary/aromatic N) is 1. The molecule has 5 rings (SSSR count). The zero-order chi connectivity index (χ0) is 19.3. The van der Waals surface area contributed by atoms with Crippen LogP contribution in [0.3, 0.4) is 0 Å². The molecule has 3 aliphatic rings. The number of aryl methyl sites for hydroxylation is 1. The standard InChI is InChI=1S/C21H26N2O4/c1-12-15-10-13(21(15,2)3)11-17(12)27-18(24)8-9-23-16-7-5-4-6-14(16)19(25)22-20(23)26/h4-7,12-13,15,17H,8-11H2,1-3H3,(H,22,25,26)/t12-,13+,15+,17+/m0/s1. The van der Waals surface area contributed by atoms with Gasteiger partial charge in [0.05, 0.1) is 17.3 Å². The highest BCUT2D eigenvalue weighted by Crippen LogP contribution is 2.61. The van der Waals surface area contributed by atoms with Crippen LogP contribution in [0.15, 0.2) is 33.9 Å². The maximum atomic E-state index is 12.4. The normalized spacial score (nSPS) is 28.6. The van der Waals surface area contributed by atoms with Gasteiger partial charge in [0.1, 0.15) is 6.10 Å². The number of aromatic amines is 1. The Balaban J connectivity index is 1.44. The van der Waals surface area contributed by atoms with Crippen LogP contribution in [0.4, 0.5) is 0 Å². The molecule has 3 fully saturated rings. The van der Waals surface area contributed by atoms with E-state index in [2.05, 4.69) is 25.8 Å². The quantitative estimate of drug-likeness (QED) is 0.839. The van der Waals surface area contributed by atoms with E-state index in [0.29, 0.717) is 34.1 Å². The average Bonchev–Trinajstić information content (AvgIpc) is 2.62. The number of esters is 1. The Kier molecular flexibility index (Phi) is 4.24. The van der Waals surface area contributed by atoms with Crippen LogP contribution in [0, 0.1) is 23.2 Å². The van der Waals surface area contributed by atoms with Crippen LogP contribution in [0.2, 0.25) is 0 Å². The van der Waals surface area contributed by atoms with Crippen molar-refractivity contribution in [3.8, 4) is 0 Å². The number of carbonyl (C=O) groups is 1. The highest BCUT2D eigenvalue weighted by Gasteiger charge is 2.57. The van der Waals surface area contributed by atoms with E-state index in [1.54, 1.807) is 24.3 Å². The monoisotopic (exact) mass is 370 g/mol. The summed E-state index contributed by atoms with van der Waals surface area (Å²) in [6.07, 6.45) is 2.25.